The number of methoxy groups -OCH3 is 1. The molecular formula is C16H26N2O. The molecule has 0 bridgehead atoms. The van der Waals surface area contributed by atoms with Gasteiger partial charge in [0.2, 0.25) is 0 Å². The van der Waals surface area contributed by atoms with Gasteiger partial charge in [-0.2, -0.15) is 0 Å². The predicted molar refractivity (Wildman–Crippen MR) is 79.8 cm³/mol. The second-order valence-corrected chi connectivity index (χ2v) is 5.51. The van der Waals surface area contributed by atoms with Gasteiger partial charge in [-0.05, 0) is 63.4 Å². The number of nitrogens with one attached hydrogen (secondary N) is 2. The Kier molecular flexibility index (Phi) is 5.23. The van der Waals surface area contributed by atoms with E-state index < -0.39 is 0 Å². The normalized spacial score (nSPS) is 18.8. The Bertz CT molecular complexity index is 411. The van der Waals surface area contributed by atoms with Crippen molar-refractivity contribution in [3.63, 3.8) is 0 Å². The summed E-state index contributed by atoms with van der Waals surface area (Å²) in [5.41, 5.74) is 3.87. The van der Waals surface area contributed by atoms with Crippen LogP contribution in [0.2, 0.25) is 0 Å². The lowest BCUT2D eigenvalue weighted by molar-refractivity contribution is 0.406. The molecule has 1 heterocycles. The van der Waals surface area contributed by atoms with Crippen molar-refractivity contribution in [2.24, 2.45) is 0 Å². The van der Waals surface area contributed by atoms with Crippen LogP contribution in [-0.2, 0) is 6.54 Å². The monoisotopic (exact) mass is 262 g/mol. The molecule has 0 saturated carbocycles. The second-order valence-electron chi connectivity index (χ2n) is 5.51. The van der Waals surface area contributed by atoms with Crippen LogP contribution < -0.4 is 15.4 Å². The van der Waals surface area contributed by atoms with Crippen LogP contribution in [0.1, 0.15) is 36.0 Å². The highest BCUT2D eigenvalue weighted by atomic mass is 16.5. The van der Waals surface area contributed by atoms with Crippen molar-refractivity contribution < 1.29 is 4.74 Å². The molecule has 2 N–H and O–H groups in total. The minimum atomic E-state index is 0.717. The smallest absolute Gasteiger partial charge is 0.123 e. The van der Waals surface area contributed by atoms with Gasteiger partial charge < -0.3 is 15.4 Å². The van der Waals surface area contributed by atoms with E-state index in [1.807, 2.05) is 0 Å². The van der Waals surface area contributed by atoms with Crippen LogP contribution in [0.15, 0.2) is 12.1 Å². The standard InChI is InChI=1S/C16H26N2O/c1-12-9-14(16(19-3)10-13(12)2)11-17-8-6-15-5-4-7-18-15/h9-10,15,17-18H,4-8,11H2,1-3H3. The number of benzene rings is 1. The maximum absolute atomic E-state index is 5.46. The van der Waals surface area contributed by atoms with E-state index in [9.17, 15) is 0 Å². The van der Waals surface area contributed by atoms with E-state index in [2.05, 4.69) is 36.6 Å². The zero-order chi connectivity index (χ0) is 13.7. The molecule has 0 amide bonds. The Morgan fingerprint density at radius 1 is 1.32 bits per heavy atom. The van der Waals surface area contributed by atoms with E-state index in [4.69, 9.17) is 4.74 Å². The Morgan fingerprint density at radius 3 is 2.79 bits per heavy atom. The molecule has 0 radical (unpaired) electrons. The summed E-state index contributed by atoms with van der Waals surface area (Å²) < 4.78 is 5.46. The minimum Gasteiger partial charge on any atom is -0.496 e. The van der Waals surface area contributed by atoms with Crippen LogP contribution in [-0.4, -0.2) is 26.2 Å². The summed E-state index contributed by atoms with van der Waals surface area (Å²) in [7, 11) is 1.75. The first-order valence-electron chi connectivity index (χ1n) is 7.29. The summed E-state index contributed by atoms with van der Waals surface area (Å²) in [6.07, 6.45) is 3.87. The molecule has 1 saturated heterocycles. The van der Waals surface area contributed by atoms with Crippen molar-refractivity contribution in [3.8, 4) is 5.75 Å². The van der Waals surface area contributed by atoms with Gasteiger partial charge in [-0.1, -0.05) is 6.07 Å². The van der Waals surface area contributed by atoms with Gasteiger partial charge in [0.15, 0.2) is 0 Å². The maximum atomic E-state index is 5.46. The van der Waals surface area contributed by atoms with Crippen LogP contribution in [0.3, 0.4) is 0 Å². The first-order valence-corrected chi connectivity index (χ1v) is 7.29. The fourth-order valence-corrected chi connectivity index (χ4v) is 2.68. The largest absolute Gasteiger partial charge is 0.496 e. The average Bonchev–Trinajstić information content (AvgIpc) is 2.91. The highest BCUT2D eigenvalue weighted by molar-refractivity contribution is 5.41. The molecule has 1 unspecified atom stereocenters. The lowest BCUT2D eigenvalue weighted by Crippen LogP contribution is -2.27. The third-order valence-electron chi connectivity index (χ3n) is 4.04. The molecule has 1 aliphatic heterocycles. The summed E-state index contributed by atoms with van der Waals surface area (Å²) in [6.45, 7) is 7.42. The molecule has 3 heteroatoms. The van der Waals surface area contributed by atoms with Gasteiger partial charge in [0.1, 0.15) is 5.75 Å². The number of hydrogen-bond acceptors (Lipinski definition) is 3. The third-order valence-corrected chi connectivity index (χ3v) is 4.04. The zero-order valence-electron chi connectivity index (χ0n) is 12.4. The summed E-state index contributed by atoms with van der Waals surface area (Å²) in [5.74, 6) is 0.995. The molecule has 1 atom stereocenters. The van der Waals surface area contributed by atoms with E-state index in [1.54, 1.807) is 7.11 Å². The second kappa shape index (κ2) is 6.92. The van der Waals surface area contributed by atoms with Crippen LogP contribution in [0.5, 0.6) is 5.75 Å². The van der Waals surface area contributed by atoms with Gasteiger partial charge in [-0.25, -0.2) is 0 Å². The Balaban J connectivity index is 1.82. The summed E-state index contributed by atoms with van der Waals surface area (Å²) in [6, 6.07) is 5.08. The van der Waals surface area contributed by atoms with E-state index in [0.717, 1.165) is 18.8 Å². The van der Waals surface area contributed by atoms with Crippen molar-refractivity contribution in [3.05, 3.63) is 28.8 Å². The number of hydrogen-bond donors (Lipinski definition) is 2. The SMILES string of the molecule is COc1cc(C)c(C)cc1CNCCC1CCCN1. The van der Waals surface area contributed by atoms with Crippen LogP contribution in [0.4, 0.5) is 0 Å². The highest BCUT2D eigenvalue weighted by Gasteiger charge is 2.13. The quantitative estimate of drug-likeness (QED) is 0.773. The predicted octanol–water partition coefficient (Wildman–Crippen LogP) is 2.54. The molecule has 2 rings (SSSR count). The Hall–Kier alpha value is -1.06. The first-order chi connectivity index (χ1) is 9.20. The van der Waals surface area contributed by atoms with Crippen LogP contribution in [0, 0.1) is 13.8 Å². The molecule has 1 aliphatic rings. The maximum Gasteiger partial charge on any atom is 0.123 e. The molecule has 0 aromatic heterocycles. The molecule has 106 valence electrons. The van der Waals surface area contributed by atoms with Gasteiger partial charge in [-0.3, -0.25) is 0 Å². The van der Waals surface area contributed by atoms with E-state index in [1.165, 1.54) is 42.5 Å². The highest BCUT2D eigenvalue weighted by Crippen LogP contribution is 2.22. The van der Waals surface area contributed by atoms with Crippen molar-refractivity contribution in [2.75, 3.05) is 20.2 Å². The van der Waals surface area contributed by atoms with Gasteiger partial charge >= 0.3 is 0 Å². The lowest BCUT2D eigenvalue weighted by Gasteiger charge is -2.14. The van der Waals surface area contributed by atoms with Gasteiger partial charge in [0, 0.05) is 18.2 Å². The number of rotatable bonds is 6. The minimum absolute atomic E-state index is 0.717. The van der Waals surface area contributed by atoms with Gasteiger partial charge in [0.05, 0.1) is 7.11 Å². The summed E-state index contributed by atoms with van der Waals surface area (Å²) in [4.78, 5) is 0. The number of ether oxygens (including phenoxy) is 1. The first kappa shape index (κ1) is 14.4. The lowest BCUT2D eigenvalue weighted by atomic mass is 10.0. The van der Waals surface area contributed by atoms with Gasteiger partial charge in [0.25, 0.3) is 0 Å². The van der Waals surface area contributed by atoms with Crippen LogP contribution in [0.25, 0.3) is 0 Å². The molecular weight excluding hydrogens is 236 g/mol. The molecule has 3 nitrogen and oxygen atoms in total. The molecule has 1 fully saturated rings. The number of aryl methyl sites for hydroxylation is 2. The van der Waals surface area contributed by atoms with E-state index in [0.29, 0.717) is 6.04 Å². The summed E-state index contributed by atoms with van der Waals surface area (Å²) >= 11 is 0. The van der Waals surface area contributed by atoms with Crippen LogP contribution >= 0.6 is 0 Å². The molecule has 1 aromatic rings. The molecule has 0 spiro atoms. The fraction of sp³-hybridized carbons (Fsp3) is 0.625. The molecule has 1 aromatic carbocycles. The Morgan fingerprint density at radius 2 is 2.11 bits per heavy atom. The van der Waals surface area contributed by atoms with Crippen molar-refractivity contribution in [1.82, 2.24) is 10.6 Å². The molecule has 19 heavy (non-hydrogen) atoms. The third kappa shape index (κ3) is 3.95. The van der Waals surface area contributed by atoms with Gasteiger partial charge in [-0.15, -0.1) is 0 Å². The van der Waals surface area contributed by atoms with E-state index >= 15 is 0 Å². The van der Waals surface area contributed by atoms with Crippen molar-refractivity contribution >= 4 is 0 Å². The fourth-order valence-electron chi connectivity index (χ4n) is 2.68. The molecule has 0 aliphatic carbocycles. The summed E-state index contributed by atoms with van der Waals surface area (Å²) in [5, 5.41) is 7.06. The Labute approximate surface area is 116 Å². The average molecular weight is 262 g/mol. The van der Waals surface area contributed by atoms with Crippen molar-refractivity contribution in [2.45, 2.75) is 45.7 Å². The van der Waals surface area contributed by atoms with Crippen molar-refractivity contribution in [1.29, 1.82) is 0 Å². The zero-order valence-corrected chi connectivity index (χ0v) is 12.4. The van der Waals surface area contributed by atoms with E-state index in [-0.39, 0.29) is 0 Å². The topological polar surface area (TPSA) is 33.3 Å².